The number of amides is 1. The number of carbonyl (C=O) groups excluding carboxylic acids is 1. The molecule has 2 N–H and O–H groups in total. The zero-order chi connectivity index (χ0) is 18.8. The quantitative estimate of drug-likeness (QED) is 0.574. The molecule has 0 fully saturated rings. The van der Waals surface area contributed by atoms with Crippen LogP contribution in [0.2, 0.25) is 0 Å². The third-order valence-corrected chi connectivity index (χ3v) is 4.05. The van der Waals surface area contributed by atoms with E-state index in [-0.39, 0.29) is 17.5 Å². The van der Waals surface area contributed by atoms with E-state index in [0.717, 1.165) is 0 Å². The van der Waals surface area contributed by atoms with Crippen LogP contribution in [0, 0.1) is 0 Å². The van der Waals surface area contributed by atoms with Crippen molar-refractivity contribution in [2.24, 2.45) is 7.05 Å². The first-order valence-electron chi connectivity index (χ1n) is 8.03. The van der Waals surface area contributed by atoms with Crippen molar-refractivity contribution in [2.45, 2.75) is 0 Å². The highest BCUT2D eigenvalue weighted by Crippen LogP contribution is 2.21. The fraction of sp³-hybridized carbons (Fsp3) is 0.0556. The van der Waals surface area contributed by atoms with Crippen LogP contribution in [0.4, 0.5) is 5.69 Å². The number of ether oxygens (including phenoxy) is 1. The second kappa shape index (κ2) is 6.71. The summed E-state index contributed by atoms with van der Waals surface area (Å²) in [5.41, 5.74) is 1.33. The van der Waals surface area contributed by atoms with Crippen molar-refractivity contribution in [3.05, 3.63) is 70.5 Å². The number of aromatic nitrogens is 5. The number of benzene rings is 2. The van der Waals surface area contributed by atoms with Gasteiger partial charge in [0, 0.05) is 24.2 Å². The number of para-hydroxylation sites is 1. The Bertz CT molecular complexity index is 1170. The van der Waals surface area contributed by atoms with Crippen LogP contribution in [-0.4, -0.2) is 31.1 Å². The van der Waals surface area contributed by atoms with Crippen molar-refractivity contribution >= 4 is 22.5 Å². The molecule has 134 valence electrons. The summed E-state index contributed by atoms with van der Waals surface area (Å²) in [7, 11) is 1.68. The van der Waals surface area contributed by atoms with Crippen molar-refractivity contribution < 1.29 is 9.53 Å². The lowest BCUT2D eigenvalue weighted by molar-refractivity contribution is 0.102. The van der Waals surface area contributed by atoms with E-state index in [1.165, 1.54) is 10.6 Å². The lowest BCUT2D eigenvalue weighted by atomic mass is 10.1. The topological polar surface area (TPSA) is 115 Å². The first kappa shape index (κ1) is 16.5. The Kier molecular flexibility index (Phi) is 4.09. The van der Waals surface area contributed by atoms with Gasteiger partial charge in [-0.2, -0.15) is 5.21 Å². The second-order valence-corrected chi connectivity index (χ2v) is 5.75. The Morgan fingerprint density at radius 1 is 1.15 bits per heavy atom. The highest BCUT2D eigenvalue weighted by molar-refractivity contribution is 6.12. The largest absolute Gasteiger partial charge is 0.422 e. The molecule has 0 radical (unpaired) electrons. The van der Waals surface area contributed by atoms with Gasteiger partial charge in [0.1, 0.15) is 5.75 Å². The number of tetrazole rings is 1. The fourth-order valence-electron chi connectivity index (χ4n) is 2.70. The van der Waals surface area contributed by atoms with Crippen LogP contribution in [0.5, 0.6) is 11.8 Å². The summed E-state index contributed by atoms with van der Waals surface area (Å²) in [5.74, 6) is 0.129. The summed E-state index contributed by atoms with van der Waals surface area (Å²) in [4.78, 5) is 24.9. The predicted molar refractivity (Wildman–Crippen MR) is 97.8 cm³/mol. The summed E-state index contributed by atoms with van der Waals surface area (Å²) in [6, 6.07) is 15.4. The molecule has 2 aromatic heterocycles. The summed E-state index contributed by atoms with van der Waals surface area (Å²) in [6.45, 7) is 0. The molecule has 9 heteroatoms. The van der Waals surface area contributed by atoms with Crippen molar-refractivity contribution in [3.8, 4) is 11.8 Å². The Labute approximate surface area is 152 Å². The number of nitrogens with zero attached hydrogens (tertiary/aromatic N) is 4. The van der Waals surface area contributed by atoms with E-state index < -0.39 is 0 Å². The molecule has 2 heterocycles. The molecule has 0 aliphatic heterocycles. The minimum absolute atomic E-state index is 0.0957. The second-order valence-electron chi connectivity index (χ2n) is 5.75. The monoisotopic (exact) mass is 362 g/mol. The summed E-state index contributed by atoms with van der Waals surface area (Å²) in [5, 5.41) is 16.6. The molecule has 0 spiro atoms. The van der Waals surface area contributed by atoms with Crippen LogP contribution in [0.3, 0.4) is 0 Å². The number of rotatable bonds is 4. The number of fused-ring (bicyclic) bond motifs is 1. The van der Waals surface area contributed by atoms with Gasteiger partial charge in [0.05, 0.1) is 11.1 Å². The lowest BCUT2D eigenvalue weighted by Crippen LogP contribution is -2.21. The standard InChI is InChI=1S/C18H14N6O3/c1-24-15-5-3-2-4-13(15)14(10-16(24)25)17(26)19-11-6-8-12(9-7-11)27-18-20-22-23-21-18/h2-10H,1H3,(H,19,26)(H,20,21,22,23). The van der Waals surface area contributed by atoms with E-state index in [0.29, 0.717) is 27.9 Å². The number of aryl methyl sites for hydroxylation is 1. The van der Waals surface area contributed by atoms with Gasteiger partial charge in [-0.25, -0.2) is 0 Å². The molecule has 4 rings (SSSR count). The fourth-order valence-corrected chi connectivity index (χ4v) is 2.70. The van der Waals surface area contributed by atoms with Gasteiger partial charge < -0.3 is 14.6 Å². The summed E-state index contributed by atoms with van der Waals surface area (Å²) >= 11 is 0. The van der Waals surface area contributed by atoms with E-state index in [4.69, 9.17) is 4.74 Å². The highest BCUT2D eigenvalue weighted by atomic mass is 16.5. The zero-order valence-corrected chi connectivity index (χ0v) is 14.2. The van der Waals surface area contributed by atoms with Gasteiger partial charge in [0.15, 0.2) is 0 Å². The summed E-state index contributed by atoms with van der Waals surface area (Å²) < 4.78 is 6.89. The molecule has 4 aromatic rings. The van der Waals surface area contributed by atoms with Crippen LogP contribution < -0.4 is 15.6 Å². The first-order chi connectivity index (χ1) is 13.1. The molecule has 0 aliphatic carbocycles. The number of H-pyrrole nitrogens is 1. The molecular formula is C18H14N6O3. The van der Waals surface area contributed by atoms with E-state index >= 15 is 0 Å². The average Bonchev–Trinajstić information content (AvgIpc) is 3.19. The van der Waals surface area contributed by atoms with Crippen LogP contribution in [0.25, 0.3) is 10.9 Å². The van der Waals surface area contributed by atoms with Gasteiger partial charge in [-0.05, 0) is 35.5 Å². The van der Waals surface area contributed by atoms with E-state index in [9.17, 15) is 9.59 Å². The maximum Gasteiger partial charge on any atom is 0.361 e. The average molecular weight is 362 g/mol. The lowest BCUT2D eigenvalue weighted by Gasteiger charge is -2.11. The van der Waals surface area contributed by atoms with Gasteiger partial charge in [-0.15, -0.1) is 0 Å². The molecule has 0 saturated heterocycles. The van der Waals surface area contributed by atoms with Crippen molar-refractivity contribution in [1.82, 2.24) is 25.2 Å². The smallest absolute Gasteiger partial charge is 0.361 e. The molecule has 0 atom stereocenters. The zero-order valence-electron chi connectivity index (χ0n) is 14.2. The third kappa shape index (κ3) is 3.25. The Balaban J connectivity index is 1.58. The molecule has 0 saturated carbocycles. The molecular weight excluding hydrogens is 348 g/mol. The van der Waals surface area contributed by atoms with Gasteiger partial charge in [-0.3, -0.25) is 9.59 Å². The van der Waals surface area contributed by atoms with Crippen LogP contribution >= 0.6 is 0 Å². The third-order valence-electron chi connectivity index (χ3n) is 4.05. The number of pyridine rings is 1. The molecule has 0 aliphatic rings. The number of nitrogens with one attached hydrogen (secondary N) is 2. The van der Waals surface area contributed by atoms with Crippen molar-refractivity contribution in [1.29, 1.82) is 0 Å². The maximum absolute atomic E-state index is 12.7. The first-order valence-corrected chi connectivity index (χ1v) is 8.03. The minimum Gasteiger partial charge on any atom is -0.422 e. The Morgan fingerprint density at radius 2 is 1.93 bits per heavy atom. The molecule has 0 unspecified atom stereocenters. The Morgan fingerprint density at radius 3 is 2.67 bits per heavy atom. The molecule has 27 heavy (non-hydrogen) atoms. The van der Waals surface area contributed by atoms with E-state index in [1.807, 2.05) is 18.2 Å². The highest BCUT2D eigenvalue weighted by Gasteiger charge is 2.13. The number of aromatic amines is 1. The number of hydrogen-bond donors (Lipinski definition) is 2. The van der Waals surface area contributed by atoms with Crippen LogP contribution in [0.15, 0.2) is 59.4 Å². The predicted octanol–water partition coefficient (Wildman–Crippen LogP) is 2.10. The normalized spacial score (nSPS) is 10.7. The van der Waals surface area contributed by atoms with Crippen LogP contribution in [-0.2, 0) is 7.05 Å². The molecule has 9 nitrogen and oxygen atoms in total. The number of hydrogen-bond acceptors (Lipinski definition) is 6. The van der Waals surface area contributed by atoms with E-state index in [2.05, 4.69) is 25.9 Å². The summed E-state index contributed by atoms with van der Waals surface area (Å²) in [6.07, 6.45) is 0. The van der Waals surface area contributed by atoms with E-state index in [1.54, 1.807) is 37.4 Å². The maximum atomic E-state index is 12.7. The van der Waals surface area contributed by atoms with Gasteiger partial charge in [0.2, 0.25) is 0 Å². The van der Waals surface area contributed by atoms with Gasteiger partial charge >= 0.3 is 6.01 Å². The van der Waals surface area contributed by atoms with Crippen molar-refractivity contribution in [3.63, 3.8) is 0 Å². The number of anilines is 1. The molecule has 2 aromatic carbocycles. The van der Waals surface area contributed by atoms with Crippen LogP contribution in [0.1, 0.15) is 10.4 Å². The minimum atomic E-state index is -0.365. The molecule has 1 amide bonds. The SMILES string of the molecule is Cn1c(=O)cc(C(=O)Nc2ccc(Oc3nn[nH]n3)cc2)c2ccccc21. The Hall–Kier alpha value is -4.01. The van der Waals surface area contributed by atoms with Gasteiger partial charge in [0.25, 0.3) is 11.5 Å². The van der Waals surface area contributed by atoms with Crippen molar-refractivity contribution in [2.75, 3.05) is 5.32 Å². The van der Waals surface area contributed by atoms with Gasteiger partial charge in [-0.1, -0.05) is 28.4 Å². The molecule has 0 bridgehead atoms. The number of carbonyl (C=O) groups is 1.